The average Bonchev–Trinajstić information content (AvgIpc) is 2.27. The molecule has 0 aliphatic carbocycles. The molecular weight excluding hydrogens is 194 g/mol. The predicted octanol–water partition coefficient (Wildman–Crippen LogP) is 0.495. The number of likely N-dealkylation sites (tertiary alicyclic amines) is 1. The Bertz CT molecular complexity index is 158. The molecule has 4 nitrogen and oxygen atoms in total. The van der Waals surface area contributed by atoms with Crippen molar-refractivity contribution in [2.75, 3.05) is 40.0 Å². The van der Waals surface area contributed by atoms with Crippen LogP contribution in [0.25, 0.3) is 0 Å². The summed E-state index contributed by atoms with van der Waals surface area (Å²) in [6.07, 6.45) is 2.18. The zero-order chi connectivity index (χ0) is 11.1. The van der Waals surface area contributed by atoms with Gasteiger partial charge in [-0.1, -0.05) is 0 Å². The lowest BCUT2D eigenvalue weighted by Gasteiger charge is -2.32. The fraction of sp³-hybridized carbons (Fsp3) is 1.00. The average molecular weight is 217 g/mol. The Morgan fingerprint density at radius 1 is 1.40 bits per heavy atom. The molecule has 4 heteroatoms. The van der Waals surface area contributed by atoms with Crippen LogP contribution in [0.5, 0.6) is 0 Å². The Labute approximate surface area is 92.2 Å². The van der Waals surface area contributed by atoms with Gasteiger partial charge in [0, 0.05) is 33.4 Å². The highest BCUT2D eigenvalue weighted by Gasteiger charge is 2.20. The van der Waals surface area contributed by atoms with Gasteiger partial charge in [0.2, 0.25) is 0 Å². The molecule has 1 heterocycles. The summed E-state index contributed by atoms with van der Waals surface area (Å²) in [5.41, 5.74) is 0. The van der Waals surface area contributed by atoms with Crippen LogP contribution >= 0.6 is 0 Å². The lowest BCUT2D eigenvalue weighted by molar-refractivity contribution is -0.00270. The molecule has 0 radical (unpaired) electrons. The zero-order valence-corrected chi connectivity index (χ0v) is 9.82. The van der Waals surface area contributed by atoms with Crippen molar-refractivity contribution in [1.29, 1.82) is 0 Å². The molecule has 1 saturated heterocycles. The van der Waals surface area contributed by atoms with Crippen LogP contribution in [-0.4, -0.2) is 62.2 Å². The third-order valence-corrected chi connectivity index (χ3v) is 2.85. The quantitative estimate of drug-likeness (QED) is 0.703. The first-order valence-electron chi connectivity index (χ1n) is 5.77. The minimum atomic E-state index is -0.357. The maximum atomic E-state index is 9.66. The van der Waals surface area contributed by atoms with Crippen LogP contribution in [0.15, 0.2) is 0 Å². The molecular formula is C11H23NO3. The normalized spacial score (nSPS) is 21.8. The van der Waals surface area contributed by atoms with Crippen molar-refractivity contribution in [2.45, 2.75) is 32.0 Å². The van der Waals surface area contributed by atoms with E-state index in [1.807, 2.05) is 6.92 Å². The number of aliphatic hydroxyl groups is 1. The summed E-state index contributed by atoms with van der Waals surface area (Å²) >= 11 is 0. The topological polar surface area (TPSA) is 41.9 Å². The fourth-order valence-electron chi connectivity index (χ4n) is 1.93. The third kappa shape index (κ3) is 4.93. The SMILES string of the molecule is CCOCC(O)CN1CCC(OC)CC1. The predicted molar refractivity (Wildman–Crippen MR) is 59.0 cm³/mol. The molecule has 1 unspecified atom stereocenters. The van der Waals surface area contributed by atoms with Crippen molar-refractivity contribution in [3.8, 4) is 0 Å². The second-order valence-electron chi connectivity index (χ2n) is 4.05. The van der Waals surface area contributed by atoms with Gasteiger partial charge in [-0.05, 0) is 19.8 Å². The summed E-state index contributed by atoms with van der Waals surface area (Å²) in [5, 5.41) is 9.66. The Morgan fingerprint density at radius 3 is 2.60 bits per heavy atom. The van der Waals surface area contributed by atoms with Crippen LogP contribution < -0.4 is 0 Å². The van der Waals surface area contributed by atoms with Gasteiger partial charge in [-0.15, -0.1) is 0 Å². The van der Waals surface area contributed by atoms with Crippen LogP contribution in [0.1, 0.15) is 19.8 Å². The van der Waals surface area contributed by atoms with Crippen molar-refractivity contribution < 1.29 is 14.6 Å². The number of piperidine rings is 1. The van der Waals surface area contributed by atoms with E-state index in [4.69, 9.17) is 9.47 Å². The molecule has 1 aliphatic rings. The van der Waals surface area contributed by atoms with E-state index in [-0.39, 0.29) is 6.10 Å². The van der Waals surface area contributed by atoms with Gasteiger partial charge in [0.1, 0.15) is 0 Å². The minimum Gasteiger partial charge on any atom is -0.389 e. The van der Waals surface area contributed by atoms with E-state index < -0.39 is 0 Å². The van der Waals surface area contributed by atoms with E-state index in [1.54, 1.807) is 7.11 Å². The molecule has 1 fully saturated rings. The number of hydrogen-bond donors (Lipinski definition) is 1. The summed E-state index contributed by atoms with van der Waals surface area (Å²) in [7, 11) is 1.77. The maximum Gasteiger partial charge on any atom is 0.0900 e. The van der Waals surface area contributed by atoms with Crippen molar-refractivity contribution in [3.63, 3.8) is 0 Å². The van der Waals surface area contributed by atoms with Gasteiger partial charge in [0.05, 0.1) is 18.8 Å². The minimum absolute atomic E-state index is 0.357. The highest BCUT2D eigenvalue weighted by atomic mass is 16.5. The van der Waals surface area contributed by atoms with Gasteiger partial charge in [-0.2, -0.15) is 0 Å². The van der Waals surface area contributed by atoms with Gasteiger partial charge in [0.15, 0.2) is 0 Å². The molecule has 1 aliphatic heterocycles. The van der Waals surface area contributed by atoms with Crippen molar-refractivity contribution >= 4 is 0 Å². The smallest absolute Gasteiger partial charge is 0.0900 e. The van der Waals surface area contributed by atoms with Crippen molar-refractivity contribution in [3.05, 3.63) is 0 Å². The number of aliphatic hydroxyl groups excluding tert-OH is 1. The van der Waals surface area contributed by atoms with Gasteiger partial charge in [-0.3, -0.25) is 0 Å². The zero-order valence-electron chi connectivity index (χ0n) is 9.82. The molecule has 0 amide bonds. The van der Waals surface area contributed by atoms with Crippen LogP contribution in [-0.2, 0) is 9.47 Å². The number of methoxy groups -OCH3 is 1. The van der Waals surface area contributed by atoms with Crippen LogP contribution in [0.4, 0.5) is 0 Å². The summed E-state index contributed by atoms with van der Waals surface area (Å²) in [4.78, 5) is 2.28. The second-order valence-corrected chi connectivity index (χ2v) is 4.05. The number of nitrogens with zero attached hydrogens (tertiary/aromatic N) is 1. The molecule has 0 aromatic heterocycles. The standard InChI is InChI=1S/C11H23NO3/c1-3-15-9-10(13)8-12-6-4-11(14-2)5-7-12/h10-11,13H,3-9H2,1-2H3. The molecule has 0 aromatic rings. The molecule has 0 aromatic carbocycles. The Balaban J connectivity index is 2.12. The molecule has 1 rings (SSSR count). The van der Waals surface area contributed by atoms with E-state index in [2.05, 4.69) is 4.90 Å². The first-order valence-corrected chi connectivity index (χ1v) is 5.77. The van der Waals surface area contributed by atoms with E-state index in [9.17, 15) is 5.11 Å². The molecule has 15 heavy (non-hydrogen) atoms. The Hall–Kier alpha value is -0.160. The van der Waals surface area contributed by atoms with E-state index in [1.165, 1.54) is 0 Å². The number of ether oxygens (including phenoxy) is 2. The first-order chi connectivity index (χ1) is 7.26. The molecule has 0 bridgehead atoms. The number of rotatable bonds is 6. The van der Waals surface area contributed by atoms with Crippen LogP contribution in [0.3, 0.4) is 0 Å². The van der Waals surface area contributed by atoms with Gasteiger partial charge in [0.25, 0.3) is 0 Å². The number of β-amino-alcohol motifs (C(OH)–C–C–N with tert-alkyl or cyclic N) is 1. The van der Waals surface area contributed by atoms with Crippen molar-refractivity contribution in [2.24, 2.45) is 0 Å². The number of hydrogen-bond acceptors (Lipinski definition) is 4. The van der Waals surface area contributed by atoms with Gasteiger partial charge in [-0.25, -0.2) is 0 Å². The first kappa shape index (κ1) is 12.9. The molecule has 0 spiro atoms. The molecule has 1 atom stereocenters. The van der Waals surface area contributed by atoms with Crippen LogP contribution in [0, 0.1) is 0 Å². The third-order valence-electron chi connectivity index (χ3n) is 2.85. The Kier molecular flexibility index (Phi) is 6.17. The van der Waals surface area contributed by atoms with E-state index >= 15 is 0 Å². The summed E-state index contributed by atoms with van der Waals surface area (Å²) in [5.74, 6) is 0. The summed E-state index contributed by atoms with van der Waals surface area (Å²) in [6, 6.07) is 0. The van der Waals surface area contributed by atoms with Crippen LogP contribution in [0.2, 0.25) is 0 Å². The summed E-state index contributed by atoms with van der Waals surface area (Å²) < 4.78 is 10.5. The van der Waals surface area contributed by atoms with E-state index in [0.717, 1.165) is 32.5 Å². The van der Waals surface area contributed by atoms with E-state index in [0.29, 0.717) is 19.3 Å². The molecule has 1 N–H and O–H groups in total. The Morgan fingerprint density at radius 2 is 2.07 bits per heavy atom. The summed E-state index contributed by atoms with van der Waals surface area (Å²) in [6.45, 7) is 5.81. The van der Waals surface area contributed by atoms with Gasteiger partial charge >= 0.3 is 0 Å². The molecule has 0 saturated carbocycles. The van der Waals surface area contributed by atoms with Gasteiger partial charge < -0.3 is 19.5 Å². The molecule has 90 valence electrons. The second kappa shape index (κ2) is 7.17. The largest absolute Gasteiger partial charge is 0.389 e. The lowest BCUT2D eigenvalue weighted by Crippen LogP contribution is -2.41. The highest BCUT2D eigenvalue weighted by Crippen LogP contribution is 2.12. The lowest BCUT2D eigenvalue weighted by atomic mass is 10.1. The highest BCUT2D eigenvalue weighted by molar-refractivity contribution is 4.74. The van der Waals surface area contributed by atoms with Crippen molar-refractivity contribution in [1.82, 2.24) is 4.90 Å². The fourth-order valence-corrected chi connectivity index (χ4v) is 1.93. The monoisotopic (exact) mass is 217 g/mol. The maximum absolute atomic E-state index is 9.66.